The van der Waals surface area contributed by atoms with Gasteiger partial charge in [0.25, 0.3) is 0 Å². The molecule has 0 bridgehead atoms. The molecule has 0 aliphatic carbocycles. The molecule has 44 heavy (non-hydrogen) atoms. The third-order valence-corrected chi connectivity index (χ3v) is 4.60. The summed E-state index contributed by atoms with van der Waals surface area (Å²) < 4.78 is 56.9. The maximum Gasteiger partial charge on any atom is 0.151 e. The van der Waals surface area contributed by atoms with E-state index in [4.69, 9.17) is 47.2 Å². The predicted molar refractivity (Wildman–Crippen MR) is 184 cm³/mol. The molecule has 0 saturated carbocycles. The maximum atomic E-state index is 8.90. The minimum Gasteiger partial charge on any atom is -0.382 e. The van der Waals surface area contributed by atoms with Crippen molar-refractivity contribution in [3.8, 4) is 0 Å². The Morgan fingerprint density at radius 3 is 1.18 bits per heavy atom. The molecule has 0 N–H and O–H groups in total. The lowest BCUT2D eigenvalue weighted by atomic mass is 10.3. The molecule has 272 valence electrons. The summed E-state index contributed by atoms with van der Waals surface area (Å²) in [5.74, 6) is 0. The molecule has 0 aliphatic heterocycles. The second kappa shape index (κ2) is 47.2. The molecule has 0 spiro atoms. The zero-order valence-electron chi connectivity index (χ0n) is 31.5. The van der Waals surface area contributed by atoms with Crippen LogP contribution in [0, 0.1) is 0 Å². The average molecular weight is 663 g/mol. The van der Waals surface area contributed by atoms with Gasteiger partial charge in [0.15, 0.2) is 8.46 Å². The van der Waals surface area contributed by atoms with Crippen molar-refractivity contribution in [2.24, 2.45) is 0 Å². The SMILES string of the molecule is CC.CC(C)OCC(COC(C)C)OC(C)C.CCCOCC(COCCC)OCCC.COCC(COC)OC.CP=O. The second-order valence-electron chi connectivity index (χ2n) is 10.2. The average Bonchev–Trinajstić information content (AvgIpc) is 2.99. The highest BCUT2D eigenvalue weighted by atomic mass is 31.1. The first-order valence-electron chi connectivity index (χ1n) is 16.4. The first-order chi connectivity index (χ1) is 21.0. The van der Waals surface area contributed by atoms with Crippen LogP contribution in [0.3, 0.4) is 0 Å². The summed E-state index contributed by atoms with van der Waals surface area (Å²) in [4.78, 5) is 0. The van der Waals surface area contributed by atoms with Gasteiger partial charge in [0, 0.05) is 47.8 Å². The van der Waals surface area contributed by atoms with Gasteiger partial charge in [-0.2, -0.15) is 0 Å². The van der Waals surface area contributed by atoms with E-state index in [1.54, 1.807) is 28.0 Å². The van der Waals surface area contributed by atoms with Crippen LogP contribution in [0.15, 0.2) is 0 Å². The van der Waals surface area contributed by atoms with Crippen LogP contribution in [0.2, 0.25) is 0 Å². The lowest BCUT2D eigenvalue weighted by Gasteiger charge is -2.22. The van der Waals surface area contributed by atoms with Gasteiger partial charge in [-0.05, 0) is 60.8 Å². The number of rotatable bonds is 24. The largest absolute Gasteiger partial charge is 0.382 e. The van der Waals surface area contributed by atoms with E-state index in [0.717, 1.165) is 39.1 Å². The fourth-order valence-corrected chi connectivity index (χ4v) is 2.81. The van der Waals surface area contributed by atoms with Gasteiger partial charge in [-0.3, -0.25) is 4.57 Å². The van der Waals surface area contributed by atoms with Gasteiger partial charge in [-0.1, -0.05) is 34.6 Å². The predicted octanol–water partition coefficient (Wildman–Crippen LogP) is 7.49. The number of ether oxygens (including phenoxy) is 9. The van der Waals surface area contributed by atoms with Crippen LogP contribution in [0.4, 0.5) is 0 Å². The Bertz CT molecular complexity index is 457. The fraction of sp³-hybridized carbons (Fsp3) is 1.00. The van der Waals surface area contributed by atoms with E-state index in [2.05, 4.69) is 20.8 Å². The molecular weight excluding hydrogens is 587 g/mol. The quantitative estimate of drug-likeness (QED) is 0.0763. The summed E-state index contributed by atoms with van der Waals surface area (Å²) in [6.07, 6.45) is 4.04. The molecule has 11 heteroatoms. The lowest BCUT2D eigenvalue weighted by molar-refractivity contribution is -0.0992. The highest BCUT2D eigenvalue weighted by Crippen LogP contribution is 2.04. The minimum atomic E-state index is 0.0369. The lowest BCUT2D eigenvalue weighted by Crippen LogP contribution is -2.30. The summed E-state index contributed by atoms with van der Waals surface area (Å²) in [7, 11) is 5.09. The highest BCUT2D eigenvalue weighted by Gasteiger charge is 2.13. The summed E-state index contributed by atoms with van der Waals surface area (Å²) in [5, 5.41) is 0. The van der Waals surface area contributed by atoms with Crippen molar-refractivity contribution >= 4 is 8.46 Å². The molecule has 10 nitrogen and oxygen atoms in total. The molecule has 0 amide bonds. The number of hydrogen-bond donors (Lipinski definition) is 0. The summed E-state index contributed by atoms with van der Waals surface area (Å²) in [6.45, 7) is 30.1. The third-order valence-electron chi connectivity index (χ3n) is 4.60. The normalized spacial score (nSPS) is 10.8. The molecule has 0 aromatic carbocycles. The number of hydrogen-bond acceptors (Lipinski definition) is 10. The van der Waals surface area contributed by atoms with Crippen LogP contribution >= 0.6 is 8.46 Å². The van der Waals surface area contributed by atoms with Crippen LogP contribution in [-0.4, -0.2) is 124 Å². The van der Waals surface area contributed by atoms with E-state index in [1.807, 2.05) is 55.4 Å². The van der Waals surface area contributed by atoms with Gasteiger partial charge in [-0.25, -0.2) is 0 Å². The first-order valence-corrected chi connectivity index (χ1v) is 17.7. The van der Waals surface area contributed by atoms with Crippen molar-refractivity contribution < 1.29 is 47.2 Å². The van der Waals surface area contributed by atoms with Gasteiger partial charge in [0.1, 0.15) is 18.3 Å². The molecule has 0 heterocycles. The van der Waals surface area contributed by atoms with Crippen LogP contribution in [0.1, 0.15) is 95.4 Å². The fourth-order valence-electron chi connectivity index (χ4n) is 2.81. The van der Waals surface area contributed by atoms with E-state index in [-0.39, 0.29) is 45.1 Å². The Morgan fingerprint density at radius 1 is 0.523 bits per heavy atom. The summed E-state index contributed by atoms with van der Waals surface area (Å²) in [5.41, 5.74) is 0. The molecule has 0 radical (unpaired) electrons. The standard InChI is InChI=1S/2C12H26O3.C6H14O3.C2H6.CH3OP/c1-9(2)13-7-12(15-11(5)6)8-14-10(3)4;1-4-7-13-10-12(15-9-6-3)11-14-8-5-2;1-7-4-6(9-3)5-8-2;1-2;1-3-2/h9-12H,7-8H2,1-6H3;12H,4-11H2,1-3H3;6H,4-5H2,1-3H3;1-2H3;1H3. The molecule has 0 atom stereocenters. The van der Waals surface area contributed by atoms with Gasteiger partial charge in [-0.15, -0.1) is 0 Å². The van der Waals surface area contributed by atoms with E-state index in [0.29, 0.717) is 39.6 Å². The Morgan fingerprint density at radius 2 is 0.909 bits per heavy atom. The van der Waals surface area contributed by atoms with Crippen molar-refractivity contribution in [1.82, 2.24) is 0 Å². The van der Waals surface area contributed by atoms with Gasteiger partial charge in [0.05, 0.1) is 58.0 Å². The van der Waals surface area contributed by atoms with Crippen LogP contribution in [0.5, 0.6) is 0 Å². The number of methoxy groups -OCH3 is 3. The zero-order chi connectivity index (χ0) is 35.0. The second-order valence-corrected chi connectivity index (χ2v) is 10.5. The molecule has 0 rings (SSSR count). The molecule has 0 aromatic heterocycles. The van der Waals surface area contributed by atoms with Gasteiger partial charge >= 0.3 is 0 Å². The zero-order valence-corrected chi connectivity index (χ0v) is 32.4. The Hall–Kier alpha value is -0.260. The van der Waals surface area contributed by atoms with Crippen molar-refractivity contribution in [2.45, 2.75) is 132 Å². The monoisotopic (exact) mass is 663 g/mol. The van der Waals surface area contributed by atoms with Crippen LogP contribution in [-0.2, 0) is 47.2 Å². The minimum absolute atomic E-state index is 0.0369. The van der Waals surface area contributed by atoms with Crippen molar-refractivity contribution in [3.05, 3.63) is 0 Å². The Labute approximate surface area is 275 Å². The van der Waals surface area contributed by atoms with E-state index in [9.17, 15) is 0 Å². The van der Waals surface area contributed by atoms with Crippen molar-refractivity contribution in [2.75, 3.05) is 87.5 Å². The molecule has 0 unspecified atom stereocenters. The highest BCUT2D eigenvalue weighted by molar-refractivity contribution is 7.22. The molecule has 0 aliphatic rings. The van der Waals surface area contributed by atoms with Crippen molar-refractivity contribution in [1.29, 1.82) is 0 Å². The molecule has 0 fully saturated rings. The van der Waals surface area contributed by atoms with Gasteiger partial charge in [0.2, 0.25) is 0 Å². The third kappa shape index (κ3) is 54.2. The first kappa shape index (κ1) is 53.2. The smallest absolute Gasteiger partial charge is 0.151 e. The van der Waals surface area contributed by atoms with Crippen LogP contribution in [0.25, 0.3) is 0 Å². The molecular formula is C33H75O10P. The van der Waals surface area contributed by atoms with E-state index < -0.39 is 0 Å². The summed E-state index contributed by atoms with van der Waals surface area (Å²) in [6, 6.07) is 0. The van der Waals surface area contributed by atoms with Crippen LogP contribution < -0.4 is 0 Å². The summed E-state index contributed by atoms with van der Waals surface area (Å²) >= 11 is 0. The van der Waals surface area contributed by atoms with Crippen molar-refractivity contribution in [3.63, 3.8) is 0 Å². The van der Waals surface area contributed by atoms with E-state index in [1.165, 1.54) is 0 Å². The molecule has 0 aromatic rings. The Kier molecular flexibility index (Phi) is 57.1. The topological polar surface area (TPSA) is 100 Å². The molecule has 0 saturated heterocycles. The Balaban J connectivity index is -0.000000165. The maximum absolute atomic E-state index is 8.90. The van der Waals surface area contributed by atoms with Gasteiger partial charge < -0.3 is 42.6 Å². The van der Waals surface area contributed by atoms with E-state index >= 15 is 0 Å².